The van der Waals surface area contributed by atoms with Crippen molar-refractivity contribution in [3.05, 3.63) is 70.1 Å². The maximum atomic E-state index is 12.8. The van der Waals surface area contributed by atoms with Crippen LogP contribution >= 0.6 is 0 Å². The number of hydrogen-bond donors (Lipinski definition) is 0. The number of nitrogens with zero attached hydrogens (tertiary/aromatic N) is 2. The normalized spacial score (nSPS) is 10.8. The molecule has 7 heteroatoms. The number of para-hydroxylation sites is 1. The lowest BCUT2D eigenvalue weighted by molar-refractivity contribution is 0.0442. The fourth-order valence-electron chi connectivity index (χ4n) is 3.46. The van der Waals surface area contributed by atoms with Gasteiger partial charge in [0.2, 0.25) is 0 Å². The zero-order valence-corrected chi connectivity index (χ0v) is 18.5. The van der Waals surface area contributed by atoms with Crippen LogP contribution < -0.4 is 10.3 Å². The van der Waals surface area contributed by atoms with Gasteiger partial charge in [-0.05, 0) is 31.5 Å². The minimum atomic E-state index is -0.619. The van der Waals surface area contributed by atoms with E-state index < -0.39 is 5.97 Å². The first-order valence-corrected chi connectivity index (χ1v) is 10.9. The first-order valence-electron chi connectivity index (χ1n) is 10.9. The van der Waals surface area contributed by atoms with E-state index in [1.165, 1.54) is 11.6 Å². The molecule has 0 fully saturated rings. The lowest BCUT2D eigenvalue weighted by atomic mass is 10.1. The molecule has 3 aromatic rings. The molecular formula is C25H28N2O5. The third kappa shape index (κ3) is 5.60. The van der Waals surface area contributed by atoms with Crippen LogP contribution in [-0.2, 0) is 11.3 Å². The van der Waals surface area contributed by atoms with Crippen LogP contribution in [0, 0.1) is 0 Å². The average Bonchev–Trinajstić information content (AvgIpc) is 2.81. The Morgan fingerprint density at radius 1 is 0.938 bits per heavy atom. The number of esters is 1. The van der Waals surface area contributed by atoms with Crippen LogP contribution in [0.15, 0.2) is 53.3 Å². The summed E-state index contributed by atoms with van der Waals surface area (Å²) in [5.74, 6) is -0.276. The van der Waals surface area contributed by atoms with E-state index in [4.69, 9.17) is 9.47 Å². The highest BCUT2D eigenvalue weighted by Crippen LogP contribution is 2.18. The van der Waals surface area contributed by atoms with Crippen molar-refractivity contribution in [2.24, 2.45) is 0 Å². The molecule has 0 radical (unpaired) electrons. The van der Waals surface area contributed by atoms with Gasteiger partial charge in [-0.15, -0.1) is 0 Å². The first-order chi connectivity index (χ1) is 15.5. The van der Waals surface area contributed by atoms with Crippen LogP contribution in [-0.4, -0.2) is 34.7 Å². The van der Waals surface area contributed by atoms with Crippen molar-refractivity contribution in [2.75, 3.05) is 13.2 Å². The van der Waals surface area contributed by atoms with Crippen LogP contribution in [0.2, 0.25) is 0 Å². The Hall–Kier alpha value is -3.48. The van der Waals surface area contributed by atoms with Gasteiger partial charge in [0.05, 0.1) is 10.9 Å². The summed E-state index contributed by atoms with van der Waals surface area (Å²) in [6, 6.07) is 13.8. The lowest BCUT2D eigenvalue weighted by Crippen LogP contribution is -2.27. The van der Waals surface area contributed by atoms with Crippen molar-refractivity contribution in [3.8, 4) is 5.75 Å². The van der Waals surface area contributed by atoms with Gasteiger partial charge < -0.3 is 9.47 Å². The number of aryl methyl sites for hydroxylation is 1. The maximum absolute atomic E-state index is 12.8. The SMILES string of the molecule is CCCCCCn1nc(C(=O)OCCOc2ccccc2C(C)=O)c2ccccc2c1=O. The van der Waals surface area contributed by atoms with Crippen molar-refractivity contribution in [1.82, 2.24) is 9.78 Å². The molecule has 0 aliphatic heterocycles. The molecule has 168 valence electrons. The fourth-order valence-corrected chi connectivity index (χ4v) is 3.46. The largest absolute Gasteiger partial charge is 0.489 e. The van der Waals surface area contributed by atoms with Crippen molar-refractivity contribution >= 4 is 22.5 Å². The molecular weight excluding hydrogens is 408 g/mol. The maximum Gasteiger partial charge on any atom is 0.359 e. The number of fused-ring (bicyclic) bond motifs is 1. The van der Waals surface area contributed by atoms with E-state index in [0.29, 0.717) is 28.6 Å². The minimum Gasteiger partial charge on any atom is -0.489 e. The molecule has 0 N–H and O–H groups in total. The van der Waals surface area contributed by atoms with Crippen molar-refractivity contribution in [2.45, 2.75) is 46.1 Å². The molecule has 1 aromatic heterocycles. The van der Waals surface area contributed by atoms with E-state index in [1.54, 1.807) is 48.5 Å². The van der Waals surface area contributed by atoms with Gasteiger partial charge in [0.25, 0.3) is 5.56 Å². The van der Waals surface area contributed by atoms with Gasteiger partial charge in [-0.25, -0.2) is 9.48 Å². The molecule has 0 aliphatic rings. The van der Waals surface area contributed by atoms with Crippen LogP contribution in [0.1, 0.15) is 60.4 Å². The summed E-state index contributed by atoms with van der Waals surface area (Å²) < 4.78 is 12.3. The number of hydrogen-bond acceptors (Lipinski definition) is 6. The molecule has 0 amide bonds. The average molecular weight is 437 g/mol. The first kappa shape index (κ1) is 23.2. The number of rotatable bonds is 11. The monoisotopic (exact) mass is 436 g/mol. The van der Waals surface area contributed by atoms with E-state index in [2.05, 4.69) is 12.0 Å². The number of benzene rings is 2. The quantitative estimate of drug-likeness (QED) is 0.251. The van der Waals surface area contributed by atoms with E-state index in [0.717, 1.165) is 25.7 Å². The fraction of sp³-hybridized carbons (Fsp3) is 0.360. The predicted molar refractivity (Wildman–Crippen MR) is 122 cm³/mol. The van der Waals surface area contributed by atoms with Crippen LogP contribution in [0.5, 0.6) is 5.75 Å². The lowest BCUT2D eigenvalue weighted by Gasteiger charge is -2.12. The summed E-state index contributed by atoms with van der Waals surface area (Å²) in [5, 5.41) is 5.23. The number of Topliss-reactive ketones (excluding diaryl/α,β-unsaturated/α-hetero) is 1. The molecule has 0 unspecified atom stereocenters. The van der Waals surface area contributed by atoms with Crippen LogP contribution in [0.25, 0.3) is 10.8 Å². The summed E-state index contributed by atoms with van der Waals surface area (Å²) in [6.45, 7) is 4.11. The van der Waals surface area contributed by atoms with E-state index in [9.17, 15) is 14.4 Å². The summed E-state index contributed by atoms with van der Waals surface area (Å²) in [6.07, 6.45) is 3.99. The highest BCUT2D eigenvalue weighted by atomic mass is 16.6. The predicted octanol–water partition coefficient (Wildman–Crippen LogP) is 4.42. The van der Waals surface area contributed by atoms with Gasteiger partial charge in [-0.2, -0.15) is 5.10 Å². The van der Waals surface area contributed by atoms with Crippen LogP contribution in [0.4, 0.5) is 0 Å². The van der Waals surface area contributed by atoms with Gasteiger partial charge in [-0.3, -0.25) is 9.59 Å². The Labute approximate surface area is 187 Å². The molecule has 0 aliphatic carbocycles. The van der Waals surface area contributed by atoms with Gasteiger partial charge >= 0.3 is 5.97 Å². The molecule has 32 heavy (non-hydrogen) atoms. The second-order valence-electron chi connectivity index (χ2n) is 7.52. The number of unbranched alkanes of at least 4 members (excludes halogenated alkanes) is 3. The van der Waals surface area contributed by atoms with Crippen molar-refractivity contribution in [1.29, 1.82) is 0 Å². The van der Waals surface area contributed by atoms with Crippen molar-refractivity contribution in [3.63, 3.8) is 0 Å². The Kier molecular flexibility index (Phi) is 8.14. The summed E-state index contributed by atoms with van der Waals surface area (Å²) in [7, 11) is 0. The molecule has 0 saturated heterocycles. The Balaban J connectivity index is 1.71. The van der Waals surface area contributed by atoms with Gasteiger partial charge in [0, 0.05) is 11.9 Å². The number of carbonyl (C=O) groups excluding carboxylic acids is 2. The topological polar surface area (TPSA) is 87.5 Å². The zero-order valence-electron chi connectivity index (χ0n) is 18.5. The summed E-state index contributed by atoms with van der Waals surface area (Å²) in [5.41, 5.74) is 0.374. The van der Waals surface area contributed by atoms with Gasteiger partial charge in [-0.1, -0.05) is 56.5 Å². The zero-order chi connectivity index (χ0) is 22.9. The molecule has 3 rings (SSSR count). The Morgan fingerprint density at radius 2 is 1.66 bits per heavy atom. The standard InChI is InChI=1S/C25H28N2O5/c1-3-4-5-10-15-27-24(29)21-13-7-6-12-20(21)23(26-27)25(30)32-17-16-31-22-14-9-8-11-19(22)18(2)28/h6-9,11-14H,3-5,10,15-17H2,1-2H3. The third-order valence-electron chi connectivity index (χ3n) is 5.12. The second-order valence-corrected chi connectivity index (χ2v) is 7.52. The van der Waals surface area contributed by atoms with Gasteiger partial charge in [0.15, 0.2) is 11.5 Å². The molecule has 7 nitrogen and oxygen atoms in total. The van der Waals surface area contributed by atoms with E-state index in [1.807, 2.05) is 0 Å². The summed E-state index contributed by atoms with van der Waals surface area (Å²) >= 11 is 0. The minimum absolute atomic E-state index is 0.0172. The van der Waals surface area contributed by atoms with E-state index in [-0.39, 0.29) is 30.3 Å². The van der Waals surface area contributed by atoms with Crippen LogP contribution in [0.3, 0.4) is 0 Å². The van der Waals surface area contributed by atoms with Gasteiger partial charge in [0.1, 0.15) is 19.0 Å². The second kappa shape index (κ2) is 11.2. The Bertz CT molecular complexity index is 1150. The highest BCUT2D eigenvalue weighted by Gasteiger charge is 2.18. The molecule has 2 aromatic carbocycles. The molecule has 1 heterocycles. The molecule has 0 spiro atoms. The summed E-state index contributed by atoms with van der Waals surface area (Å²) in [4.78, 5) is 37.2. The highest BCUT2D eigenvalue weighted by molar-refractivity contribution is 6.02. The molecule has 0 saturated carbocycles. The Morgan fingerprint density at radius 3 is 2.41 bits per heavy atom. The van der Waals surface area contributed by atoms with E-state index >= 15 is 0 Å². The third-order valence-corrected chi connectivity index (χ3v) is 5.12. The molecule has 0 atom stereocenters. The number of aromatic nitrogens is 2. The smallest absolute Gasteiger partial charge is 0.359 e. The molecule has 0 bridgehead atoms. The number of carbonyl (C=O) groups is 2. The number of ketones is 1. The number of ether oxygens (including phenoxy) is 2. The van der Waals surface area contributed by atoms with Crippen molar-refractivity contribution < 1.29 is 19.1 Å².